The standard InChI is InChI=1S/C19H22N4O4S2/c1-11(2)17(23-29(25,26)14-8-6-5-7-9-14)19(24)21-15-10-16(28-12(15)3)18-20-13(4)27-22-18/h5-11,17,23H,1-4H3,(H,21,24)/t17-/m1/s1. The molecule has 0 aliphatic rings. The van der Waals surface area contributed by atoms with Crippen molar-refractivity contribution in [2.75, 3.05) is 5.32 Å². The number of nitrogens with zero attached hydrogens (tertiary/aromatic N) is 2. The molecule has 0 aliphatic heterocycles. The van der Waals surface area contributed by atoms with E-state index in [1.807, 2.05) is 6.92 Å². The van der Waals surface area contributed by atoms with Crippen LogP contribution in [0, 0.1) is 19.8 Å². The molecule has 3 rings (SSSR count). The van der Waals surface area contributed by atoms with Crippen molar-refractivity contribution in [1.29, 1.82) is 0 Å². The number of carbonyl (C=O) groups is 1. The zero-order chi connectivity index (χ0) is 21.2. The molecule has 0 unspecified atom stereocenters. The van der Waals surface area contributed by atoms with E-state index in [4.69, 9.17) is 4.52 Å². The highest BCUT2D eigenvalue weighted by Crippen LogP contribution is 2.33. The number of rotatable bonds is 7. The predicted molar refractivity (Wildman–Crippen MR) is 111 cm³/mol. The number of hydrogen-bond acceptors (Lipinski definition) is 7. The Labute approximate surface area is 173 Å². The summed E-state index contributed by atoms with van der Waals surface area (Å²) in [6.45, 7) is 7.12. The lowest BCUT2D eigenvalue weighted by atomic mass is 10.0. The van der Waals surface area contributed by atoms with E-state index in [9.17, 15) is 13.2 Å². The first-order valence-corrected chi connectivity index (χ1v) is 11.3. The molecule has 0 bridgehead atoms. The van der Waals surface area contributed by atoms with Gasteiger partial charge in [0.05, 0.1) is 15.5 Å². The van der Waals surface area contributed by atoms with Crippen LogP contribution >= 0.6 is 11.3 Å². The molecule has 1 amide bonds. The molecule has 3 aromatic rings. The minimum Gasteiger partial charge on any atom is -0.339 e. The monoisotopic (exact) mass is 434 g/mol. The second kappa shape index (κ2) is 8.44. The number of nitrogens with one attached hydrogen (secondary N) is 2. The van der Waals surface area contributed by atoms with E-state index in [1.54, 1.807) is 45.0 Å². The highest BCUT2D eigenvalue weighted by molar-refractivity contribution is 7.89. The summed E-state index contributed by atoms with van der Waals surface area (Å²) in [7, 11) is -3.83. The predicted octanol–water partition coefficient (Wildman–Crippen LogP) is 3.36. The first-order chi connectivity index (χ1) is 13.7. The van der Waals surface area contributed by atoms with Crippen LogP contribution in [0.3, 0.4) is 0 Å². The Morgan fingerprint density at radius 1 is 1.17 bits per heavy atom. The van der Waals surface area contributed by atoms with E-state index in [-0.39, 0.29) is 10.8 Å². The normalized spacial score (nSPS) is 12.9. The number of thiophene rings is 1. The van der Waals surface area contributed by atoms with Crippen molar-refractivity contribution in [3.8, 4) is 10.7 Å². The van der Waals surface area contributed by atoms with Gasteiger partial charge in [-0.1, -0.05) is 37.2 Å². The average molecular weight is 435 g/mol. The number of aromatic nitrogens is 2. The molecule has 154 valence electrons. The van der Waals surface area contributed by atoms with Gasteiger partial charge in [-0.25, -0.2) is 8.42 Å². The van der Waals surface area contributed by atoms with Gasteiger partial charge in [-0.05, 0) is 31.0 Å². The van der Waals surface area contributed by atoms with Crippen LogP contribution in [0.15, 0.2) is 45.8 Å². The highest BCUT2D eigenvalue weighted by Gasteiger charge is 2.29. The maximum absolute atomic E-state index is 12.9. The Balaban J connectivity index is 1.79. The summed E-state index contributed by atoms with van der Waals surface area (Å²) in [5.41, 5.74) is 0.585. The number of anilines is 1. The summed E-state index contributed by atoms with van der Waals surface area (Å²) in [6, 6.07) is 8.79. The van der Waals surface area contributed by atoms with Crippen LogP contribution in [0.1, 0.15) is 24.6 Å². The Hall–Kier alpha value is -2.56. The van der Waals surface area contributed by atoms with Crippen molar-refractivity contribution >= 4 is 33.0 Å². The van der Waals surface area contributed by atoms with Crippen LogP contribution in [-0.4, -0.2) is 30.5 Å². The lowest BCUT2D eigenvalue weighted by Crippen LogP contribution is -2.47. The Kier molecular flexibility index (Phi) is 6.15. The van der Waals surface area contributed by atoms with Crippen LogP contribution in [0.5, 0.6) is 0 Å². The third kappa shape index (κ3) is 4.89. The van der Waals surface area contributed by atoms with Crippen LogP contribution in [0.2, 0.25) is 0 Å². The van der Waals surface area contributed by atoms with Gasteiger partial charge >= 0.3 is 0 Å². The largest absolute Gasteiger partial charge is 0.339 e. The molecule has 1 aromatic carbocycles. The van der Waals surface area contributed by atoms with Gasteiger partial charge in [-0.15, -0.1) is 11.3 Å². The number of hydrogen-bond donors (Lipinski definition) is 2. The van der Waals surface area contributed by atoms with Gasteiger partial charge in [-0.3, -0.25) is 4.79 Å². The fraction of sp³-hybridized carbons (Fsp3) is 0.316. The molecule has 0 spiro atoms. The second-order valence-electron chi connectivity index (χ2n) is 6.86. The summed E-state index contributed by atoms with van der Waals surface area (Å²) < 4.78 is 32.8. The number of carbonyl (C=O) groups excluding carboxylic acids is 1. The summed E-state index contributed by atoms with van der Waals surface area (Å²) in [6.07, 6.45) is 0. The van der Waals surface area contributed by atoms with Crippen molar-refractivity contribution in [3.63, 3.8) is 0 Å². The van der Waals surface area contributed by atoms with Gasteiger partial charge in [-0.2, -0.15) is 9.71 Å². The van der Waals surface area contributed by atoms with Gasteiger partial charge in [0.2, 0.25) is 27.6 Å². The summed E-state index contributed by atoms with van der Waals surface area (Å²) in [4.78, 5) is 18.8. The smallest absolute Gasteiger partial charge is 0.242 e. The minimum atomic E-state index is -3.83. The maximum Gasteiger partial charge on any atom is 0.242 e. The fourth-order valence-corrected chi connectivity index (χ4v) is 4.92. The molecule has 2 N–H and O–H groups in total. The summed E-state index contributed by atoms with van der Waals surface area (Å²) >= 11 is 1.41. The van der Waals surface area contributed by atoms with Gasteiger partial charge in [0.25, 0.3) is 0 Å². The SMILES string of the molecule is Cc1nc(-c2cc(NC(=O)[C@H](NS(=O)(=O)c3ccccc3)C(C)C)c(C)s2)no1. The topological polar surface area (TPSA) is 114 Å². The maximum atomic E-state index is 12.9. The number of amides is 1. The van der Waals surface area contributed by atoms with E-state index in [2.05, 4.69) is 20.2 Å². The molecule has 0 saturated heterocycles. The summed E-state index contributed by atoms with van der Waals surface area (Å²) in [5.74, 6) is 0.205. The van der Waals surface area contributed by atoms with Crippen molar-refractivity contribution < 1.29 is 17.7 Å². The van der Waals surface area contributed by atoms with Crippen LogP contribution < -0.4 is 10.0 Å². The second-order valence-corrected chi connectivity index (χ2v) is 9.83. The van der Waals surface area contributed by atoms with Gasteiger partial charge in [0, 0.05) is 11.8 Å². The van der Waals surface area contributed by atoms with E-state index >= 15 is 0 Å². The molecule has 1 atom stereocenters. The molecular weight excluding hydrogens is 412 g/mol. The number of benzene rings is 1. The number of aryl methyl sites for hydroxylation is 2. The number of sulfonamides is 1. The Morgan fingerprint density at radius 3 is 2.45 bits per heavy atom. The Bertz CT molecular complexity index is 1100. The Morgan fingerprint density at radius 2 is 1.86 bits per heavy atom. The average Bonchev–Trinajstić information content (AvgIpc) is 3.26. The molecule has 29 heavy (non-hydrogen) atoms. The van der Waals surface area contributed by atoms with Gasteiger partial charge in [0.15, 0.2) is 0 Å². The lowest BCUT2D eigenvalue weighted by Gasteiger charge is -2.21. The van der Waals surface area contributed by atoms with Crippen molar-refractivity contribution in [1.82, 2.24) is 14.9 Å². The van der Waals surface area contributed by atoms with Crippen molar-refractivity contribution in [3.05, 3.63) is 47.2 Å². The summed E-state index contributed by atoms with van der Waals surface area (Å²) in [5, 5.41) is 6.71. The molecule has 0 aliphatic carbocycles. The van der Waals surface area contributed by atoms with Crippen LogP contribution in [0.4, 0.5) is 5.69 Å². The molecule has 0 saturated carbocycles. The molecule has 8 nitrogen and oxygen atoms in total. The quantitative estimate of drug-likeness (QED) is 0.589. The zero-order valence-corrected chi connectivity index (χ0v) is 18.1. The highest BCUT2D eigenvalue weighted by atomic mass is 32.2. The van der Waals surface area contributed by atoms with E-state index < -0.39 is 22.0 Å². The molecular formula is C19H22N4O4S2. The molecule has 2 aromatic heterocycles. The zero-order valence-electron chi connectivity index (χ0n) is 16.5. The first-order valence-electron chi connectivity index (χ1n) is 8.96. The van der Waals surface area contributed by atoms with Crippen molar-refractivity contribution in [2.24, 2.45) is 5.92 Å². The third-order valence-electron chi connectivity index (χ3n) is 4.21. The molecule has 0 fully saturated rings. The van der Waals surface area contributed by atoms with E-state index in [0.717, 1.165) is 9.75 Å². The van der Waals surface area contributed by atoms with Gasteiger partial charge in [0.1, 0.15) is 6.04 Å². The molecule has 0 radical (unpaired) electrons. The third-order valence-corrected chi connectivity index (χ3v) is 6.71. The first kappa shape index (κ1) is 21.2. The fourth-order valence-electron chi connectivity index (χ4n) is 2.65. The van der Waals surface area contributed by atoms with E-state index in [0.29, 0.717) is 17.4 Å². The van der Waals surface area contributed by atoms with Crippen molar-refractivity contribution in [2.45, 2.75) is 38.6 Å². The van der Waals surface area contributed by atoms with Gasteiger partial charge < -0.3 is 9.84 Å². The molecule has 2 heterocycles. The van der Waals surface area contributed by atoms with Crippen LogP contribution in [-0.2, 0) is 14.8 Å². The lowest BCUT2D eigenvalue weighted by molar-refractivity contribution is -0.118. The minimum absolute atomic E-state index is 0.111. The van der Waals surface area contributed by atoms with E-state index in [1.165, 1.54) is 23.5 Å². The van der Waals surface area contributed by atoms with Crippen LogP contribution in [0.25, 0.3) is 10.7 Å². The molecule has 10 heteroatoms.